The van der Waals surface area contributed by atoms with Crippen molar-refractivity contribution in [1.29, 1.82) is 0 Å². The number of aryl methyl sites for hydroxylation is 1. The van der Waals surface area contributed by atoms with Crippen LogP contribution in [0.3, 0.4) is 0 Å². The summed E-state index contributed by atoms with van der Waals surface area (Å²) in [7, 11) is 0. The van der Waals surface area contributed by atoms with Crippen molar-refractivity contribution in [1.82, 2.24) is 30.6 Å². The number of benzene rings is 3. The minimum atomic E-state index is -0.975. The second-order valence-corrected chi connectivity index (χ2v) is 15.8. The average molecular weight is 766 g/mol. The van der Waals surface area contributed by atoms with Gasteiger partial charge in [-0.3, -0.25) is 19.5 Å². The van der Waals surface area contributed by atoms with Gasteiger partial charge in [-0.25, -0.2) is 9.59 Å². The van der Waals surface area contributed by atoms with Crippen molar-refractivity contribution in [2.45, 2.75) is 71.4 Å². The quantitative estimate of drug-likeness (QED) is 0.131. The van der Waals surface area contributed by atoms with E-state index in [1.54, 1.807) is 29.3 Å². The fourth-order valence-corrected chi connectivity index (χ4v) is 7.37. The zero-order chi connectivity index (χ0) is 40.0. The standard InChI is InChI=1S/C42H51N7O7/c1-26-21-31(39(52)48-17-19-49(20-18-48)41(54)55)14-16-34(26)29-9-5-27(6-10-29)22-36(38(51)45-33-15-13-32-25-44-47-35(32)23-33)46-37(50)30-11-7-28(8-12-30)24-43-40(53)56-42(2,3)4/h5-6,9-10,13-16,21,23,25,28,30,36H,7-8,11-12,17-20,22,24H2,1-4H3,(H,43,53)(H,44,47)(H,45,51)(H,46,50)(H,54,55)/t28?,30?,36-/m0/s1. The Morgan fingerprint density at radius 3 is 2.27 bits per heavy atom. The van der Waals surface area contributed by atoms with Gasteiger partial charge in [0.15, 0.2) is 0 Å². The third-order valence-electron chi connectivity index (χ3n) is 10.5. The smallest absolute Gasteiger partial charge is 0.407 e. The van der Waals surface area contributed by atoms with Gasteiger partial charge in [0.1, 0.15) is 11.6 Å². The number of nitrogens with zero attached hydrogens (tertiary/aromatic N) is 3. The number of rotatable bonds is 10. The number of alkyl carbamates (subject to hydrolysis) is 1. The number of ether oxygens (including phenoxy) is 1. The number of amides is 5. The number of aromatic amines is 1. The minimum absolute atomic E-state index is 0.126. The Morgan fingerprint density at radius 1 is 0.911 bits per heavy atom. The van der Waals surface area contributed by atoms with E-state index in [1.165, 1.54) is 4.90 Å². The van der Waals surface area contributed by atoms with E-state index in [2.05, 4.69) is 26.1 Å². The topological polar surface area (TPSA) is 186 Å². The van der Waals surface area contributed by atoms with Crippen molar-refractivity contribution in [3.8, 4) is 11.1 Å². The number of H-pyrrole nitrogens is 1. The third-order valence-corrected chi connectivity index (χ3v) is 10.5. The number of hydrogen-bond donors (Lipinski definition) is 5. The molecule has 2 fully saturated rings. The summed E-state index contributed by atoms with van der Waals surface area (Å²) >= 11 is 0. The molecule has 296 valence electrons. The molecular weight excluding hydrogens is 715 g/mol. The van der Waals surface area contributed by atoms with Crippen molar-refractivity contribution in [3.05, 3.63) is 83.6 Å². The van der Waals surface area contributed by atoms with E-state index in [9.17, 15) is 29.1 Å². The van der Waals surface area contributed by atoms with Gasteiger partial charge in [-0.05, 0) is 112 Å². The molecule has 6 rings (SSSR count). The van der Waals surface area contributed by atoms with Crippen LogP contribution in [0.15, 0.2) is 66.9 Å². The molecule has 1 saturated carbocycles. The molecule has 1 aliphatic carbocycles. The predicted octanol–water partition coefficient (Wildman–Crippen LogP) is 5.97. The zero-order valence-corrected chi connectivity index (χ0v) is 32.4. The Kier molecular flexibility index (Phi) is 12.3. The Hall–Kier alpha value is -5.92. The van der Waals surface area contributed by atoms with E-state index in [4.69, 9.17) is 4.74 Å². The fourth-order valence-electron chi connectivity index (χ4n) is 7.37. The zero-order valence-electron chi connectivity index (χ0n) is 32.4. The van der Waals surface area contributed by atoms with Gasteiger partial charge in [-0.1, -0.05) is 30.3 Å². The predicted molar refractivity (Wildman–Crippen MR) is 212 cm³/mol. The van der Waals surface area contributed by atoms with Crippen LogP contribution >= 0.6 is 0 Å². The number of carbonyl (C=O) groups excluding carboxylic acids is 4. The van der Waals surface area contributed by atoms with E-state index in [0.29, 0.717) is 43.7 Å². The van der Waals surface area contributed by atoms with Crippen LogP contribution in [0.25, 0.3) is 22.0 Å². The maximum absolute atomic E-state index is 13.8. The summed E-state index contributed by atoms with van der Waals surface area (Å²) < 4.78 is 5.35. The van der Waals surface area contributed by atoms with E-state index >= 15 is 0 Å². The highest BCUT2D eigenvalue weighted by molar-refractivity contribution is 5.99. The normalized spacial score (nSPS) is 17.9. The SMILES string of the molecule is Cc1cc(C(=O)N2CCN(C(=O)O)CC2)ccc1-c1ccc(C[C@H](NC(=O)C2CCC(CNC(=O)OC(C)(C)C)CC2)C(=O)Nc2ccc3cn[nH]c3c2)cc1. The molecule has 0 bridgehead atoms. The van der Waals surface area contributed by atoms with Gasteiger partial charge < -0.3 is 35.6 Å². The first-order valence-corrected chi connectivity index (χ1v) is 19.2. The highest BCUT2D eigenvalue weighted by Crippen LogP contribution is 2.30. The first-order valence-electron chi connectivity index (χ1n) is 19.2. The highest BCUT2D eigenvalue weighted by atomic mass is 16.6. The molecule has 0 radical (unpaired) electrons. The lowest BCUT2D eigenvalue weighted by molar-refractivity contribution is -0.130. The molecule has 2 aliphatic rings. The summed E-state index contributed by atoms with van der Waals surface area (Å²) in [5.74, 6) is -0.642. The number of nitrogens with one attached hydrogen (secondary N) is 4. The molecule has 56 heavy (non-hydrogen) atoms. The van der Waals surface area contributed by atoms with Gasteiger partial charge >= 0.3 is 12.2 Å². The molecule has 1 saturated heterocycles. The number of hydrogen-bond acceptors (Lipinski definition) is 7. The summed E-state index contributed by atoms with van der Waals surface area (Å²) in [6.45, 7) is 9.17. The van der Waals surface area contributed by atoms with Crippen molar-refractivity contribution in [2.75, 3.05) is 38.0 Å². The lowest BCUT2D eigenvalue weighted by atomic mass is 9.81. The van der Waals surface area contributed by atoms with Crippen molar-refractivity contribution in [3.63, 3.8) is 0 Å². The van der Waals surface area contributed by atoms with Crippen LogP contribution in [-0.4, -0.2) is 99.4 Å². The molecule has 14 heteroatoms. The Morgan fingerprint density at radius 2 is 1.61 bits per heavy atom. The fraction of sp³-hybridized carbons (Fsp3) is 0.429. The molecular formula is C42H51N7O7. The van der Waals surface area contributed by atoms with E-state index in [0.717, 1.165) is 46.0 Å². The van der Waals surface area contributed by atoms with Gasteiger partial charge in [0.05, 0.1) is 11.7 Å². The van der Waals surface area contributed by atoms with Crippen LogP contribution in [0, 0.1) is 18.8 Å². The number of carbonyl (C=O) groups is 5. The Balaban J connectivity index is 1.10. The summed E-state index contributed by atoms with van der Waals surface area (Å²) in [5.41, 5.74) is 5.02. The summed E-state index contributed by atoms with van der Waals surface area (Å²) in [6, 6.07) is 18.0. The monoisotopic (exact) mass is 765 g/mol. The van der Waals surface area contributed by atoms with Crippen molar-refractivity contribution < 1.29 is 33.8 Å². The van der Waals surface area contributed by atoms with Crippen LogP contribution in [0.4, 0.5) is 15.3 Å². The van der Waals surface area contributed by atoms with Crippen LogP contribution in [0.1, 0.15) is 67.9 Å². The van der Waals surface area contributed by atoms with Gasteiger partial charge in [0.2, 0.25) is 11.8 Å². The van der Waals surface area contributed by atoms with Crippen molar-refractivity contribution in [2.24, 2.45) is 11.8 Å². The van der Waals surface area contributed by atoms with Crippen molar-refractivity contribution >= 4 is 46.5 Å². The summed E-state index contributed by atoms with van der Waals surface area (Å²) in [5, 5.41) is 26.0. The number of fused-ring (bicyclic) bond motifs is 1. The number of anilines is 1. The van der Waals surface area contributed by atoms with Gasteiger partial charge in [0, 0.05) is 61.7 Å². The second-order valence-electron chi connectivity index (χ2n) is 15.8. The maximum Gasteiger partial charge on any atom is 0.407 e. The molecule has 1 aromatic heterocycles. The van der Waals surface area contributed by atoms with Gasteiger partial charge in [0.25, 0.3) is 5.91 Å². The molecule has 14 nitrogen and oxygen atoms in total. The van der Waals surface area contributed by atoms with Gasteiger partial charge in [-0.2, -0.15) is 5.10 Å². The summed E-state index contributed by atoms with van der Waals surface area (Å²) in [6.07, 6.45) is 3.39. The lowest BCUT2D eigenvalue weighted by Gasteiger charge is -2.33. The minimum Gasteiger partial charge on any atom is -0.465 e. The Labute approximate surface area is 326 Å². The first-order chi connectivity index (χ1) is 26.7. The number of piperazine rings is 1. The molecule has 5 N–H and O–H groups in total. The second kappa shape index (κ2) is 17.3. The lowest BCUT2D eigenvalue weighted by Crippen LogP contribution is -2.50. The van der Waals surface area contributed by atoms with Gasteiger partial charge in [-0.15, -0.1) is 0 Å². The largest absolute Gasteiger partial charge is 0.465 e. The molecule has 1 atom stereocenters. The highest BCUT2D eigenvalue weighted by Gasteiger charge is 2.31. The molecule has 1 aliphatic heterocycles. The van der Waals surface area contributed by atoms with Crippen LogP contribution in [0.5, 0.6) is 0 Å². The number of aromatic nitrogens is 2. The molecule has 3 aromatic carbocycles. The van der Waals surface area contributed by atoms with E-state index in [-0.39, 0.29) is 49.1 Å². The molecule has 2 heterocycles. The molecule has 5 amide bonds. The summed E-state index contributed by atoms with van der Waals surface area (Å²) in [4.78, 5) is 67.1. The average Bonchev–Trinajstić information content (AvgIpc) is 3.64. The number of carboxylic acid groups (broad SMARTS) is 1. The third kappa shape index (κ3) is 10.2. The molecule has 4 aromatic rings. The Bertz CT molecular complexity index is 2060. The first kappa shape index (κ1) is 39.8. The molecule has 0 spiro atoms. The van der Waals surface area contributed by atoms with E-state index < -0.39 is 23.8 Å². The van der Waals surface area contributed by atoms with E-state index in [1.807, 2.05) is 70.2 Å². The van der Waals surface area contributed by atoms with Crippen LogP contribution in [0.2, 0.25) is 0 Å². The maximum atomic E-state index is 13.8. The van der Waals surface area contributed by atoms with Crippen LogP contribution < -0.4 is 16.0 Å². The molecule has 0 unspecified atom stereocenters. The van der Waals surface area contributed by atoms with Crippen LogP contribution in [-0.2, 0) is 20.7 Å².